The summed E-state index contributed by atoms with van der Waals surface area (Å²) in [5.41, 5.74) is 3.34. The summed E-state index contributed by atoms with van der Waals surface area (Å²) in [6.45, 7) is 5.84. The van der Waals surface area contributed by atoms with Gasteiger partial charge in [0.1, 0.15) is 0 Å². The third kappa shape index (κ3) is 4.71. The van der Waals surface area contributed by atoms with Crippen LogP contribution >= 0.6 is 0 Å². The number of hydrogen-bond acceptors (Lipinski definition) is 4. The zero-order valence-electron chi connectivity index (χ0n) is 19.0. The molecule has 0 aliphatic carbocycles. The van der Waals surface area contributed by atoms with Gasteiger partial charge < -0.3 is 4.90 Å². The highest BCUT2D eigenvalue weighted by atomic mass is 32.2. The van der Waals surface area contributed by atoms with E-state index in [1.807, 2.05) is 73.1 Å². The van der Waals surface area contributed by atoms with Gasteiger partial charge in [0.15, 0.2) is 0 Å². The molecule has 0 atom stereocenters. The third-order valence-electron chi connectivity index (χ3n) is 5.93. The molecular weight excluding hydrogens is 438 g/mol. The minimum atomic E-state index is -3.49. The van der Waals surface area contributed by atoms with Crippen LogP contribution in [0.2, 0.25) is 0 Å². The van der Waals surface area contributed by atoms with Gasteiger partial charge in [-0.05, 0) is 24.3 Å². The minimum Gasteiger partial charge on any atom is -0.336 e. The normalized spacial score (nSPS) is 15.2. The first-order chi connectivity index (χ1) is 16.0. The summed E-state index contributed by atoms with van der Waals surface area (Å²) in [5.74, 6) is -0.106. The van der Waals surface area contributed by atoms with E-state index in [9.17, 15) is 13.2 Å². The van der Waals surface area contributed by atoms with Gasteiger partial charge in [0.25, 0.3) is 16.1 Å². The van der Waals surface area contributed by atoms with Crippen molar-refractivity contribution in [1.29, 1.82) is 0 Å². The van der Waals surface area contributed by atoms with E-state index in [4.69, 9.17) is 0 Å². The van der Waals surface area contributed by atoms with Crippen molar-refractivity contribution in [2.24, 2.45) is 0 Å². The molecule has 1 aromatic heterocycles. The van der Waals surface area contributed by atoms with E-state index in [1.165, 1.54) is 8.61 Å². The largest absolute Gasteiger partial charge is 0.336 e. The standard InChI is InChI=1S/C24H29N5O3S/c1-3-27(4-2)33(31,32)28-17-15-26(16-18-28)24(30)21-11-8-12-22(19-21)29-23(13-14-25-29)20-9-6-5-7-10-20/h5-14,19H,3-4,15-18H2,1-2H3. The summed E-state index contributed by atoms with van der Waals surface area (Å²) >= 11 is 0. The summed E-state index contributed by atoms with van der Waals surface area (Å²) in [6, 6.07) is 19.3. The Bertz CT molecular complexity index is 1200. The van der Waals surface area contributed by atoms with Crippen LogP contribution in [-0.4, -0.2) is 76.9 Å². The second-order valence-corrected chi connectivity index (χ2v) is 9.76. The maximum absolute atomic E-state index is 13.2. The number of aromatic nitrogens is 2. The molecule has 4 rings (SSSR count). The van der Waals surface area contributed by atoms with Crippen LogP contribution < -0.4 is 0 Å². The third-order valence-corrected chi connectivity index (χ3v) is 8.12. The molecule has 0 N–H and O–H groups in total. The molecule has 3 aromatic rings. The van der Waals surface area contributed by atoms with Gasteiger partial charge in [-0.2, -0.15) is 22.1 Å². The minimum absolute atomic E-state index is 0.106. The highest BCUT2D eigenvalue weighted by Crippen LogP contribution is 2.23. The van der Waals surface area contributed by atoms with Crippen molar-refractivity contribution in [3.8, 4) is 16.9 Å². The second-order valence-electron chi connectivity index (χ2n) is 7.83. The van der Waals surface area contributed by atoms with Crippen LogP contribution in [0.15, 0.2) is 66.9 Å². The van der Waals surface area contributed by atoms with E-state index < -0.39 is 10.2 Å². The predicted molar refractivity (Wildman–Crippen MR) is 128 cm³/mol. The predicted octanol–water partition coefficient (Wildman–Crippen LogP) is 2.88. The van der Waals surface area contributed by atoms with E-state index >= 15 is 0 Å². The summed E-state index contributed by atoms with van der Waals surface area (Å²) in [7, 11) is -3.49. The van der Waals surface area contributed by atoms with Crippen molar-refractivity contribution < 1.29 is 13.2 Å². The molecule has 2 aromatic carbocycles. The lowest BCUT2D eigenvalue weighted by Crippen LogP contribution is -2.54. The molecule has 0 radical (unpaired) electrons. The van der Waals surface area contributed by atoms with E-state index in [0.717, 1.165) is 16.9 Å². The van der Waals surface area contributed by atoms with Crippen LogP contribution in [0, 0.1) is 0 Å². The highest BCUT2D eigenvalue weighted by molar-refractivity contribution is 7.86. The molecule has 0 unspecified atom stereocenters. The van der Waals surface area contributed by atoms with Gasteiger partial charge in [-0.3, -0.25) is 4.79 Å². The van der Waals surface area contributed by atoms with Crippen LogP contribution in [0.25, 0.3) is 16.9 Å². The Labute approximate surface area is 195 Å². The van der Waals surface area contributed by atoms with Crippen LogP contribution in [-0.2, 0) is 10.2 Å². The first kappa shape index (κ1) is 23.2. The van der Waals surface area contributed by atoms with Crippen molar-refractivity contribution in [2.45, 2.75) is 13.8 Å². The first-order valence-electron chi connectivity index (χ1n) is 11.2. The van der Waals surface area contributed by atoms with Crippen molar-refractivity contribution in [2.75, 3.05) is 39.3 Å². The number of benzene rings is 2. The highest BCUT2D eigenvalue weighted by Gasteiger charge is 2.32. The SMILES string of the molecule is CCN(CC)S(=O)(=O)N1CCN(C(=O)c2cccc(-n3nccc3-c3ccccc3)c2)CC1. The molecule has 0 saturated carbocycles. The topological polar surface area (TPSA) is 78.8 Å². The maximum Gasteiger partial charge on any atom is 0.282 e. The zero-order chi connectivity index (χ0) is 23.4. The second kappa shape index (κ2) is 9.86. The summed E-state index contributed by atoms with van der Waals surface area (Å²) in [4.78, 5) is 14.9. The molecule has 1 saturated heterocycles. The fourth-order valence-electron chi connectivity index (χ4n) is 4.12. The smallest absolute Gasteiger partial charge is 0.282 e. The van der Waals surface area contributed by atoms with Crippen molar-refractivity contribution in [3.63, 3.8) is 0 Å². The van der Waals surface area contributed by atoms with Gasteiger partial charge in [-0.1, -0.05) is 50.2 Å². The Morgan fingerprint density at radius 2 is 1.64 bits per heavy atom. The molecule has 1 amide bonds. The zero-order valence-corrected chi connectivity index (χ0v) is 19.8. The molecule has 9 heteroatoms. The van der Waals surface area contributed by atoms with E-state index in [2.05, 4.69) is 5.10 Å². The molecule has 8 nitrogen and oxygen atoms in total. The molecule has 0 bridgehead atoms. The van der Waals surface area contributed by atoms with Crippen LogP contribution in [0.5, 0.6) is 0 Å². The average molecular weight is 468 g/mol. The Morgan fingerprint density at radius 3 is 2.30 bits per heavy atom. The molecule has 0 spiro atoms. The summed E-state index contributed by atoms with van der Waals surface area (Å²) in [5, 5.41) is 4.46. The Kier molecular flexibility index (Phi) is 6.92. The van der Waals surface area contributed by atoms with E-state index in [0.29, 0.717) is 44.8 Å². The molecule has 2 heterocycles. The van der Waals surface area contributed by atoms with Gasteiger partial charge in [0.05, 0.1) is 17.6 Å². The number of nitrogens with zero attached hydrogens (tertiary/aromatic N) is 5. The number of carbonyl (C=O) groups is 1. The maximum atomic E-state index is 13.2. The Balaban J connectivity index is 1.50. The van der Waals surface area contributed by atoms with E-state index in [-0.39, 0.29) is 5.91 Å². The van der Waals surface area contributed by atoms with Crippen LogP contribution in [0.1, 0.15) is 24.2 Å². The molecule has 33 heavy (non-hydrogen) atoms. The van der Waals surface area contributed by atoms with Crippen molar-refractivity contribution in [1.82, 2.24) is 23.3 Å². The van der Waals surface area contributed by atoms with E-state index in [1.54, 1.807) is 17.2 Å². The molecular formula is C24H29N5O3S. The lowest BCUT2D eigenvalue weighted by atomic mass is 10.1. The fraction of sp³-hybridized carbons (Fsp3) is 0.333. The number of rotatable bonds is 7. The van der Waals surface area contributed by atoms with Crippen LogP contribution in [0.3, 0.4) is 0 Å². The number of amides is 1. The molecule has 1 fully saturated rings. The average Bonchev–Trinajstić information content (AvgIpc) is 3.35. The van der Waals surface area contributed by atoms with Crippen LogP contribution in [0.4, 0.5) is 0 Å². The van der Waals surface area contributed by atoms with Gasteiger partial charge in [0.2, 0.25) is 0 Å². The lowest BCUT2D eigenvalue weighted by molar-refractivity contribution is 0.0694. The molecule has 1 aliphatic heterocycles. The van der Waals surface area contributed by atoms with Gasteiger partial charge >= 0.3 is 0 Å². The van der Waals surface area contributed by atoms with Gasteiger partial charge in [-0.25, -0.2) is 4.68 Å². The fourth-order valence-corrected chi connectivity index (χ4v) is 5.73. The number of hydrogen-bond donors (Lipinski definition) is 0. The number of piperazine rings is 1. The monoisotopic (exact) mass is 467 g/mol. The summed E-state index contributed by atoms with van der Waals surface area (Å²) in [6.07, 6.45) is 1.74. The Hall–Kier alpha value is -3.01. The van der Waals surface area contributed by atoms with Crippen molar-refractivity contribution in [3.05, 3.63) is 72.4 Å². The quantitative estimate of drug-likeness (QED) is 0.535. The Morgan fingerprint density at radius 1 is 0.939 bits per heavy atom. The summed E-state index contributed by atoms with van der Waals surface area (Å²) < 4.78 is 30.3. The van der Waals surface area contributed by atoms with Gasteiger partial charge in [-0.15, -0.1) is 0 Å². The molecule has 174 valence electrons. The van der Waals surface area contributed by atoms with Gasteiger partial charge in [0, 0.05) is 50.4 Å². The first-order valence-corrected chi connectivity index (χ1v) is 12.6. The number of carbonyl (C=O) groups excluding carboxylic acids is 1. The van der Waals surface area contributed by atoms with Crippen molar-refractivity contribution >= 4 is 16.1 Å². The lowest BCUT2D eigenvalue weighted by Gasteiger charge is -2.36. The molecule has 1 aliphatic rings.